The molecule has 1 fully saturated rings. The summed E-state index contributed by atoms with van der Waals surface area (Å²) in [6, 6.07) is 3.86. The van der Waals surface area contributed by atoms with Crippen LogP contribution >= 0.6 is 11.3 Å². The lowest BCUT2D eigenvalue weighted by Crippen LogP contribution is -2.54. The van der Waals surface area contributed by atoms with Gasteiger partial charge in [-0.2, -0.15) is 0 Å². The fourth-order valence-corrected chi connectivity index (χ4v) is 2.62. The molecule has 1 saturated heterocycles. The number of carbonyl (C=O) groups is 1. The maximum atomic E-state index is 12.1. The van der Waals surface area contributed by atoms with E-state index in [0.29, 0.717) is 6.54 Å². The smallest absolute Gasteiger partial charge is 0.263 e. The fraction of sp³-hybridized carbons (Fsp3) is 0.583. The molecule has 1 atom stereocenters. The molecule has 1 aliphatic rings. The lowest BCUT2D eigenvalue weighted by molar-refractivity contribution is 0.0580. The van der Waals surface area contributed by atoms with Gasteiger partial charge < -0.3 is 10.6 Å². The highest BCUT2D eigenvalue weighted by Crippen LogP contribution is 2.29. The van der Waals surface area contributed by atoms with Crippen molar-refractivity contribution in [2.24, 2.45) is 11.1 Å². The minimum absolute atomic E-state index is 0.0742. The number of hydrogen-bond donors (Lipinski definition) is 1. The quantitative estimate of drug-likeness (QED) is 0.813. The molecule has 0 bridgehead atoms. The molecule has 2 rings (SSSR count). The Kier molecular flexibility index (Phi) is 3.04. The number of amides is 1. The van der Waals surface area contributed by atoms with Gasteiger partial charge in [0.1, 0.15) is 0 Å². The summed E-state index contributed by atoms with van der Waals surface area (Å²) in [5.41, 5.74) is 6.25. The zero-order valence-corrected chi connectivity index (χ0v) is 10.6. The Hall–Kier alpha value is -0.870. The Morgan fingerprint density at radius 3 is 2.94 bits per heavy atom. The highest BCUT2D eigenvalue weighted by molar-refractivity contribution is 7.12. The molecule has 1 aromatic heterocycles. The average Bonchev–Trinajstić information content (AvgIpc) is 2.74. The van der Waals surface area contributed by atoms with Crippen LogP contribution in [0.2, 0.25) is 0 Å². The molecule has 1 unspecified atom stereocenters. The maximum Gasteiger partial charge on any atom is 0.263 e. The van der Waals surface area contributed by atoms with Crippen LogP contribution < -0.4 is 5.73 Å². The van der Waals surface area contributed by atoms with E-state index in [1.165, 1.54) is 11.3 Å². The second kappa shape index (κ2) is 4.18. The van der Waals surface area contributed by atoms with Gasteiger partial charge in [-0.15, -0.1) is 11.3 Å². The predicted octanol–water partition coefficient (Wildman–Crippen LogP) is 1.95. The number of likely N-dealkylation sites (tertiary alicyclic amines) is 1. The molecule has 88 valence electrons. The Morgan fingerprint density at radius 1 is 1.62 bits per heavy atom. The van der Waals surface area contributed by atoms with Crippen molar-refractivity contribution >= 4 is 17.2 Å². The van der Waals surface area contributed by atoms with E-state index in [1.807, 2.05) is 22.4 Å². The van der Waals surface area contributed by atoms with Crippen molar-refractivity contribution < 1.29 is 4.79 Å². The van der Waals surface area contributed by atoms with E-state index in [9.17, 15) is 4.79 Å². The van der Waals surface area contributed by atoms with Crippen molar-refractivity contribution in [1.29, 1.82) is 0 Å². The summed E-state index contributed by atoms with van der Waals surface area (Å²) in [5.74, 6) is 0.126. The lowest BCUT2D eigenvalue weighted by atomic mass is 9.78. The minimum atomic E-state index is 0.0742. The molecule has 1 aliphatic heterocycles. The molecule has 16 heavy (non-hydrogen) atoms. The summed E-state index contributed by atoms with van der Waals surface area (Å²) < 4.78 is 0. The number of thiophene rings is 1. The highest BCUT2D eigenvalue weighted by Gasteiger charge is 2.35. The zero-order valence-electron chi connectivity index (χ0n) is 9.77. The van der Waals surface area contributed by atoms with Crippen molar-refractivity contribution in [2.45, 2.75) is 26.3 Å². The van der Waals surface area contributed by atoms with E-state index in [4.69, 9.17) is 5.73 Å². The van der Waals surface area contributed by atoms with Gasteiger partial charge in [-0.05, 0) is 23.3 Å². The number of nitrogens with zero attached hydrogens (tertiary/aromatic N) is 1. The van der Waals surface area contributed by atoms with E-state index >= 15 is 0 Å². The van der Waals surface area contributed by atoms with Gasteiger partial charge in [0.2, 0.25) is 0 Å². The van der Waals surface area contributed by atoms with E-state index in [2.05, 4.69) is 13.8 Å². The molecule has 2 N–H and O–H groups in total. The third kappa shape index (κ3) is 2.13. The first-order valence-corrected chi connectivity index (χ1v) is 6.47. The van der Waals surface area contributed by atoms with Crippen molar-refractivity contribution in [1.82, 2.24) is 4.90 Å². The summed E-state index contributed by atoms with van der Waals surface area (Å²) in [6.45, 7) is 5.83. The molecule has 0 saturated carbocycles. The first kappa shape index (κ1) is 11.6. The van der Waals surface area contributed by atoms with Crippen LogP contribution in [0.5, 0.6) is 0 Å². The molecule has 0 aliphatic carbocycles. The summed E-state index contributed by atoms with van der Waals surface area (Å²) in [7, 11) is 0. The van der Waals surface area contributed by atoms with Crippen LogP contribution in [0.4, 0.5) is 0 Å². The van der Waals surface area contributed by atoms with Gasteiger partial charge in [-0.3, -0.25) is 4.79 Å². The van der Waals surface area contributed by atoms with Gasteiger partial charge >= 0.3 is 0 Å². The second-order valence-electron chi connectivity index (χ2n) is 5.07. The van der Waals surface area contributed by atoms with Gasteiger partial charge in [-0.25, -0.2) is 0 Å². The Morgan fingerprint density at radius 2 is 2.38 bits per heavy atom. The molecular weight excluding hydrogens is 220 g/mol. The van der Waals surface area contributed by atoms with Gasteiger partial charge in [-0.1, -0.05) is 19.9 Å². The van der Waals surface area contributed by atoms with Crippen LogP contribution in [-0.4, -0.2) is 29.9 Å². The van der Waals surface area contributed by atoms with Crippen molar-refractivity contribution in [2.75, 3.05) is 13.1 Å². The molecule has 4 heteroatoms. The molecule has 0 spiro atoms. The zero-order chi connectivity index (χ0) is 11.8. The monoisotopic (exact) mass is 238 g/mol. The van der Waals surface area contributed by atoms with Crippen molar-refractivity contribution in [3.8, 4) is 0 Å². The van der Waals surface area contributed by atoms with Crippen molar-refractivity contribution in [3.05, 3.63) is 22.4 Å². The second-order valence-corrected chi connectivity index (χ2v) is 6.02. The lowest BCUT2D eigenvalue weighted by Gasteiger charge is -2.41. The van der Waals surface area contributed by atoms with E-state index < -0.39 is 0 Å². The minimum Gasteiger partial charge on any atom is -0.336 e. The first-order chi connectivity index (χ1) is 7.50. The van der Waals surface area contributed by atoms with E-state index in [-0.39, 0.29) is 17.4 Å². The highest BCUT2D eigenvalue weighted by atomic mass is 32.1. The van der Waals surface area contributed by atoms with Crippen LogP contribution in [0.1, 0.15) is 29.9 Å². The van der Waals surface area contributed by atoms with Gasteiger partial charge in [0.15, 0.2) is 0 Å². The number of carbonyl (C=O) groups excluding carboxylic acids is 1. The third-order valence-corrected chi connectivity index (χ3v) is 4.32. The van der Waals surface area contributed by atoms with Gasteiger partial charge in [0.25, 0.3) is 5.91 Å². The number of piperidine rings is 1. The topological polar surface area (TPSA) is 46.3 Å². The standard InChI is InChI=1S/C12H18N2OS/c1-12(2)5-6-14(8-10(12)13)11(15)9-4-3-7-16-9/h3-4,7,10H,5-6,8,13H2,1-2H3. The third-order valence-electron chi connectivity index (χ3n) is 3.47. The van der Waals surface area contributed by atoms with Gasteiger partial charge in [0.05, 0.1) is 4.88 Å². The molecule has 0 aromatic carbocycles. The number of hydrogen-bond acceptors (Lipinski definition) is 3. The average molecular weight is 238 g/mol. The van der Waals surface area contributed by atoms with Gasteiger partial charge in [0, 0.05) is 19.1 Å². The SMILES string of the molecule is CC1(C)CCN(C(=O)c2cccs2)CC1N. The molecule has 0 radical (unpaired) electrons. The number of nitrogens with two attached hydrogens (primary N) is 1. The Balaban J connectivity index is 2.06. The van der Waals surface area contributed by atoms with E-state index in [0.717, 1.165) is 17.8 Å². The Labute approximate surface area is 100 Å². The Bertz CT molecular complexity index is 372. The van der Waals surface area contributed by atoms with Crippen LogP contribution in [0.3, 0.4) is 0 Å². The molecule has 1 aromatic rings. The van der Waals surface area contributed by atoms with Crippen LogP contribution in [0.25, 0.3) is 0 Å². The summed E-state index contributed by atoms with van der Waals surface area (Å²) >= 11 is 1.49. The normalized spacial score (nSPS) is 24.4. The number of rotatable bonds is 1. The molecular formula is C12H18N2OS. The maximum absolute atomic E-state index is 12.1. The summed E-state index contributed by atoms with van der Waals surface area (Å²) in [5, 5.41) is 1.93. The summed E-state index contributed by atoms with van der Waals surface area (Å²) in [4.78, 5) is 14.8. The van der Waals surface area contributed by atoms with Crippen LogP contribution in [-0.2, 0) is 0 Å². The first-order valence-electron chi connectivity index (χ1n) is 5.59. The largest absolute Gasteiger partial charge is 0.336 e. The van der Waals surface area contributed by atoms with Crippen LogP contribution in [0.15, 0.2) is 17.5 Å². The molecule has 2 heterocycles. The van der Waals surface area contributed by atoms with E-state index in [1.54, 1.807) is 0 Å². The van der Waals surface area contributed by atoms with Crippen LogP contribution in [0, 0.1) is 5.41 Å². The molecule has 3 nitrogen and oxygen atoms in total. The predicted molar refractivity (Wildman–Crippen MR) is 66.6 cm³/mol. The summed E-state index contributed by atoms with van der Waals surface area (Å²) in [6.07, 6.45) is 0.977. The van der Waals surface area contributed by atoms with Crippen molar-refractivity contribution in [3.63, 3.8) is 0 Å². The fourth-order valence-electron chi connectivity index (χ4n) is 1.92. The molecule has 1 amide bonds.